The maximum atomic E-state index is 10.5. The van der Waals surface area contributed by atoms with Crippen molar-refractivity contribution in [1.82, 2.24) is 10.2 Å². The Labute approximate surface area is 135 Å². The van der Waals surface area contributed by atoms with Gasteiger partial charge in [0.05, 0.1) is 5.60 Å². The van der Waals surface area contributed by atoms with Gasteiger partial charge in [-0.1, -0.05) is 19.8 Å². The lowest BCUT2D eigenvalue weighted by molar-refractivity contribution is -0.0638. The molecule has 0 spiro atoms. The Hall–Kier alpha value is -0.160. The number of nitrogens with one attached hydrogen (secondary N) is 1. The topological polar surface area (TPSA) is 44.7 Å². The second kappa shape index (κ2) is 7.61. The Morgan fingerprint density at radius 3 is 2.45 bits per heavy atom. The molecule has 22 heavy (non-hydrogen) atoms. The van der Waals surface area contributed by atoms with E-state index in [1.165, 1.54) is 51.6 Å². The molecule has 128 valence electrons. The number of aliphatic hydroxyl groups is 1. The van der Waals surface area contributed by atoms with E-state index in [-0.39, 0.29) is 0 Å². The molecule has 3 rings (SSSR count). The zero-order valence-corrected chi connectivity index (χ0v) is 14.2. The van der Waals surface area contributed by atoms with Crippen molar-refractivity contribution in [3.8, 4) is 0 Å². The summed E-state index contributed by atoms with van der Waals surface area (Å²) in [6.45, 7) is 7.05. The molecule has 3 fully saturated rings. The Bertz CT molecular complexity index is 336. The van der Waals surface area contributed by atoms with Gasteiger partial charge >= 0.3 is 0 Å². The average Bonchev–Trinajstić information content (AvgIpc) is 2.55. The van der Waals surface area contributed by atoms with Gasteiger partial charge in [-0.15, -0.1) is 0 Å². The molecule has 0 aromatic rings. The molecule has 0 radical (unpaired) electrons. The molecule has 0 amide bonds. The highest BCUT2D eigenvalue weighted by atomic mass is 16.5. The number of piperidine rings is 1. The van der Waals surface area contributed by atoms with E-state index in [0.717, 1.165) is 31.3 Å². The second-order valence-electron chi connectivity index (χ2n) is 7.86. The Morgan fingerprint density at radius 2 is 1.77 bits per heavy atom. The SMILES string of the molecule is CC1CCCCC1N1CCC(NCC2(O)CCOCC2)CC1. The summed E-state index contributed by atoms with van der Waals surface area (Å²) in [5.41, 5.74) is -0.534. The van der Waals surface area contributed by atoms with Crippen LogP contribution < -0.4 is 5.32 Å². The van der Waals surface area contributed by atoms with Gasteiger partial charge in [-0.05, 0) is 44.7 Å². The standard InChI is InChI=1S/C18H34N2O2/c1-15-4-2-3-5-17(15)20-10-6-16(7-11-20)19-14-18(21)8-12-22-13-9-18/h15-17,19,21H,2-14H2,1H3. The summed E-state index contributed by atoms with van der Waals surface area (Å²) in [6, 6.07) is 1.41. The first-order valence-electron chi connectivity index (χ1n) is 9.44. The zero-order chi connectivity index (χ0) is 15.4. The smallest absolute Gasteiger partial charge is 0.0815 e. The van der Waals surface area contributed by atoms with E-state index in [4.69, 9.17) is 4.74 Å². The van der Waals surface area contributed by atoms with Crippen LogP contribution in [0.15, 0.2) is 0 Å². The summed E-state index contributed by atoms with van der Waals surface area (Å²) in [7, 11) is 0. The van der Waals surface area contributed by atoms with E-state index in [1.807, 2.05) is 0 Å². The van der Waals surface area contributed by atoms with Crippen molar-refractivity contribution in [2.75, 3.05) is 32.8 Å². The molecule has 2 heterocycles. The molecule has 4 nitrogen and oxygen atoms in total. The lowest BCUT2D eigenvalue weighted by Crippen LogP contribution is -2.52. The van der Waals surface area contributed by atoms with Crippen LogP contribution in [0.2, 0.25) is 0 Å². The summed E-state index contributed by atoms with van der Waals surface area (Å²) in [4.78, 5) is 2.74. The van der Waals surface area contributed by atoms with Crippen LogP contribution in [0, 0.1) is 5.92 Å². The fourth-order valence-electron chi connectivity index (χ4n) is 4.54. The molecule has 1 saturated carbocycles. The largest absolute Gasteiger partial charge is 0.388 e. The van der Waals surface area contributed by atoms with Crippen LogP contribution in [0.25, 0.3) is 0 Å². The van der Waals surface area contributed by atoms with Crippen LogP contribution in [0.5, 0.6) is 0 Å². The second-order valence-corrected chi connectivity index (χ2v) is 7.86. The van der Waals surface area contributed by atoms with Gasteiger partial charge in [-0.2, -0.15) is 0 Å². The summed E-state index contributed by atoms with van der Waals surface area (Å²) < 4.78 is 5.35. The third-order valence-electron chi connectivity index (χ3n) is 6.21. The quantitative estimate of drug-likeness (QED) is 0.835. The highest BCUT2D eigenvalue weighted by Crippen LogP contribution is 2.30. The van der Waals surface area contributed by atoms with E-state index >= 15 is 0 Å². The highest BCUT2D eigenvalue weighted by Gasteiger charge is 2.33. The molecular weight excluding hydrogens is 276 g/mol. The number of likely N-dealkylation sites (tertiary alicyclic amines) is 1. The van der Waals surface area contributed by atoms with E-state index in [9.17, 15) is 5.11 Å². The van der Waals surface area contributed by atoms with Gasteiger partial charge in [-0.3, -0.25) is 0 Å². The molecule has 0 aromatic carbocycles. The molecule has 1 aliphatic carbocycles. The minimum Gasteiger partial charge on any atom is -0.388 e. The zero-order valence-electron chi connectivity index (χ0n) is 14.2. The fourth-order valence-corrected chi connectivity index (χ4v) is 4.54. The normalized spacial score (nSPS) is 34.6. The fraction of sp³-hybridized carbons (Fsp3) is 1.00. The van der Waals surface area contributed by atoms with E-state index in [2.05, 4.69) is 17.1 Å². The van der Waals surface area contributed by atoms with E-state index < -0.39 is 5.60 Å². The van der Waals surface area contributed by atoms with Gasteiger partial charge in [0.25, 0.3) is 0 Å². The molecule has 2 saturated heterocycles. The monoisotopic (exact) mass is 310 g/mol. The molecule has 0 aromatic heterocycles. The maximum Gasteiger partial charge on any atom is 0.0815 e. The van der Waals surface area contributed by atoms with Crippen molar-refractivity contribution < 1.29 is 9.84 Å². The minimum atomic E-state index is -0.534. The predicted molar refractivity (Wildman–Crippen MR) is 89.0 cm³/mol. The Balaban J connectivity index is 1.40. The predicted octanol–water partition coefficient (Wildman–Crippen LogP) is 2.16. The van der Waals surface area contributed by atoms with Crippen molar-refractivity contribution in [2.24, 2.45) is 5.92 Å². The maximum absolute atomic E-state index is 10.5. The molecular formula is C18H34N2O2. The number of nitrogens with zero attached hydrogens (tertiary/aromatic N) is 1. The minimum absolute atomic E-state index is 0.534. The number of ether oxygens (including phenoxy) is 1. The van der Waals surface area contributed by atoms with Crippen molar-refractivity contribution in [3.63, 3.8) is 0 Å². The first kappa shape index (κ1) is 16.7. The van der Waals surface area contributed by atoms with Crippen molar-refractivity contribution in [2.45, 2.75) is 76.0 Å². The highest BCUT2D eigenvalue weighted by molar-refractivity contribution is 4.89. The Kier molecular flexibility index (Phi) is 5.77. The van der Waals surface area contributed by atoms with Crippen molar-refractivity contribution in [1.29, 1.82) is 0 Å². The molecule has 2 N–H and O–H groups in total. The molecule has 3 aliphatic rings. The van der Waals surface area contributed by atoms with E-state index in [1.54, 1.807) is 0 Å². The molecule has 0 bridgehead atoms. The van der Waals surface area contributed by atoms with Crippen LogP contribution in [-0.4, -0.2) is 60.5 Å². The molecule has 4 heteroatoms. The van der Waals surface area contributed by atoms with Crippen LogP contribution in [0.1, 0.15) is 58.3 Å². The van der Waals surface area contributed by atoms with Gasteiger partial charge in [0, 0.05) is 44.7 Å². The summed E-state index contributed by atoms with van der Waals surface area (Å²) in [5, 5.41) is 14.2. The van der Waals surface area contributed by atoms with Gasteiger partial charge < -0.3 is 20.1 Å². The molecule has 2 aliphatic heterocycles. The summed E-state index contributed by atoms with van der Waals surface area (Å²) >= 11 is 0. The van der Waals surface area contributed by atoms with Crippen LogP contribution in [-0.2, 0) is 4.74 Å². The van der Waals surface area contributed by atoms with Gasteiger partial charge in [-0.25, -0.2) is 0 Å². The third kappa shape index (κ3) is 4.22. The van der Waals surface area contributed by atoms with Crippen LogP contribution in [0.3, 0.4) is 0 Å². The summed E-state index contributed by atoms with van der Waals surface area (Å²) in [6.07, 6.45) is 9.68. The lowest BCUT2D eigenvalue weighted by Gasteiger charge is -2.43. The number of hydrogen-bond donors (Lipinski definition) is 2. The van der Waals surface area contributed by atoms with Gasteiger partial charge in [0.15, 0.2) is 0 Å². The average molecular weight is 310 g/mol. The first-order chi connectivity index (χ1) is 10.7. The van der Waals surface area contributed by atoms with Crippen molar-refractivity contribution in [3.05, 3.63) is 0 Å². The third-order valence-corrected chi connectivity index (χ3v) is 6.21. The van der Waals surface area contributed by atoms with E-state index in [0.29, 0.717) is 19.3 Å². The van der Waals surface area contributed by atoms with Crippen molar-refractivity contribution >= 4 is 0 Å². The number of rotatable bonds is 4. The molecule has 2 atom stereocenters. The first-order valence-corrected chi connectivity index (χ1v) is 9.44. The van der Waals surface area contributed by atoms with Crippen LogP contribution in [0.4, 0.5) is 0 Å². The molecule has 2 unspecified atom stereocenters. The summed E-state index contributed by atoms with van der Waals surface area (Å²) in [5.74, 6) is 0.876. The lowest BCUT2D eigenvalue weighted by atomic mass is 9.84. The number of hydrogen-bond acceptors (Lipinski definition) is 4. The van der Waals surface area contributed by atoms with Gasteiger partial charge in [0.1, 0.15) is 0 Å². The Morgan fingerprint density at radius 1 is 1.09 bits per heavy atom. The van der Waals surface area contributed by atoms with Gasteiger partial charge in [0.2, 0.25) is 0 Å². The van der Waals surface area contributed by atoms with Crippen LogP contribution >= 0.6 is 0 Å².